The number of para-hydroxylation sites is 1. The number of aryl methyl sites for hydroxylation is 1. The molecule has 31 heavy (non-hydrogen) atoms. The summed E-state index contributed by atoms with van der Waals surface area (Å²) in [5.41, 5.74) is 4.13. The number of anilines is 1. The van der Waals surface area contributed by atoms with Crippen LogP contribution in [-0.4, -0.2) is 27.1 Å². The van der Waals surface area contributed by atoms with Crippen LogP contribution < -0.4 is 9.73 Å². The molecule has 0 aliphatic carbocycles. The normalized spacial score (nSPS) is 11.5. The number of hydrazone groups is 1. The molecule has 3 aromatic carbocycles. The number of benzene rings is 3. The summed E-state index contributed by atoms with van der Waals surface area (Å²) in [4.78, 5) is 12.6. The quantitative estimate of drug-likeness (QED) is 0.399. The maximum absolute atomic E-state index is 13.3. The lowest BCUT2D eigenvalue weighted by Crippen LogP contribution is -2.39. The Morgan fingerprint density at radius 2 is 1.74 bits per heavy atom. The van der Waals surface area contributed by atoms with Gasteiger partial charge in [0.15, 0.2) is 0 Å². The minimum atomic E-state index is -4.05. The van der Waals surface area contributed by atoms with Crippen LogP contribution in [0.3, 0.4) is 0 Å². The van der Waals surface area contributed by atoms with Gasteiger partial charge < -0.3 is 0 Å². The van der Waals surface area contributed by atoms with E-state index in [9.17, 15) is 13.2 Å². The van der Waals surface area contributed by atoms with Crippen molar-refractivity contribution in [1.82, 2.24) is 5.43 Å². The SMILES string of the molecule is Cc1ccc(S(=O)(=O)N(CC(=O)N/N=C\c2cccc(Cl)c2)c2ccccc2Cl)cc1. The van der Waals surface area contributed by atoms with E-state index >= 15 is 0 Å². The highest BCUT2D eigenvalue weighted by Gasteiger charge is 2.28. The molecule has 0 saturated carbocycles. The zero-order chi connectivity index (χ0) is 22.4. The first-order valence-corrected chi connectivity index (χ1v) is 11.4. The summed E-state index contributed by atoms with van der Waals surface area (Å²) in [5, 5.41) is 4.61. The van der Waals surface area contributed by atoms with Crippen molar-refractivity contribution in [2.45, 2.75) is 11.8 Å². The smallest absolute Gasteiger partial charge is 0.264 e. The molecule has 0 fully saturated rings. The van der Waals surface area contributed by atoms with Crippen molar-refractivity contribution in [2.75, 3.05) is 10.8 Å². The summed E-state index contributed by atoms with van der Waals surface area (Å²) in [6, 6.07) is 19.7. The van der Waals surface area contributed by atoms with Crippen LogP contribution in [-0.2, 0) is 14.8 Å². The predicted octanol–water partition coefficient (Wildman–Crippen LogP) is 4.65. The van der Waals surface area contributed by atoms with Gasteiger partial charge in [-0.3, -0.25) is 9.10 Å². The van der Waals surface area contributed by atoms with Crippen LogP contribution in [0.5, 0.6) is 0 Å². The summed E-state index contributed by atoms with van der Waals surface area (Å²) < 4.78 is 27.6. The molecule has 0 atom stereocenters. The maximum Gasteiger partial charge on any atom is 0.264 e. The Morgan fingerprint density at radius 3 is 2.42 bits per heavy atom. The number of hydrogen-bond donors (Lipinski definition) is 1. The molecule has 0 spiro atoms. The lowest BCUT2D eigenvalue weighted by molar-refractivity contribution is -0.119. The first-order valence-electron chi connectivity index (χ1n) is 9.19. The van der Waals surface area contributed by atoms with E-state index < -0.39 is 22.5 Å². The van der Waals surface area contributed by atoms with Gasteiger partial charge >= 0.3 is 0 Å². The summed E-state index contributed by atoms with van der Waals surface area (Å²) >= 11 is 12.2. The molecular formula is C22H19Cl2N3O3S. The third kappa shape index (κ3) is 5.85. The molecule has 0 aliphatic rings. The second-order valence-corrected chi connectivity index (χ2v) is 9.33. The highest BCUT2D eigenvalue weighted by molar-refractivity contribution is 7.92. The Kier molecular flexibility index (Phi) is 7.33. The maximum atomic E-state index is 13.3. The zero-order valence-electron chi connectivity index (χ0n) is 16.5. The average molecular weight is 476 g/mol. The van der Waals surface area contributed by atoms with E-state index in [-0.39, 0.29) is 15.6 Å². The molecule has 0 radical (unpaired) electrons. The van der Waals surface area contributed by atoms with Crippen LogP contribution in [0.25, 0.3) is 0 Å². The van der Waals surface area contributed by atoms with Gasteiger partial charge in [-0.05, 0) is 48.9 Å². The molecule has 0 heterocycles. The molecule has 0 aromatic heterocycles. The van der Waals surface area contributed by atoms with Crippen molar-refractivity contribution >= 4 is 51.0 Å². The van der Waals surface area contributed by atoms with E-state index in [1.807, 2.05) is 6.92 Å². The Labute approximate surface area is 191 Å². The fourth-order valence-electron chi connectivity index (χ4n) is 2.72. The van der Waals surface area contributed by atoms with Crippen LogP contribution >= 0.6 is 23.2 Å². The fourth-order valence-corrected chi connectivity index (χ4v) is 4.65. The predicted molar refractivity (Wildman–Crippen MR) is 124 cm³/mol. The summed E-state index contributed by atoms with van der Waals surface area (Å²) in [6.07, 6.45) is 1.41. The van der Waals surface area contributed by atoms with Gasteiger partial charge in [-0.15, -0.1) is 0 Å². The molecule has 9 heteroatoms. The first-order chi connectivity index (χ1) is 14.8. The number of amides is 1. The molecule has 1 N–H and O–H groups in total. The van der Waals surface area contributed by atoms with Crippen LogP contribution in [0, 0.1) is 6.92 Å². The van der Waals surface area contributed by atoms with E-state index in [1.54, 1.807) is 54.6 Å². The highest BCUT2D eigenvalue weighted by Crippen LogP contribution is 2.30. The van der Waals surface area contributed by atoms with Gasteiger partial charge in [0, 0.05) is 5.02 Å². The van der Waals surface area contributed by atoms with Crippen molar-refractivity contribution in [3.8, 4) is 0 Å². The number of carbonyl (C=O) groups excluding carboxylic acids is 1. The van der Waals surface area contributed by atoms with Gasteiger partial charge in [-0.2, -0.15) is 5.10 Å². The van der Waals surface area contributed by atoms with Gasteiger partial charge in [-0.1, -0.05) is 65.2 Å². The van der Waals surface area contributed by atoms with Gasteiger partial charge in [-0.25, -0.2) is 13.8 Å². The largest absolute Gasteiger partial charge is 0.271 e. The van der Waals surface area contributed by atoms with E-state index in [0.29, 0.717) is 10.6 Å². The topological polar surface area (TPSA) is 78.8 Å². The van der Waals surface area contributed by atoms with Crippen LogP contribution in [0.2, 0.25) is 10.0 Å². The third-order valence-electron chi connectivity index (χ3n) is 4.27. The lowest BCUT2D eigenvalue weighted by Gasteiger charge is -2.24. The third-order valence-corrected chi connectivity index (χ3v) is 6.60. The van der Waals surface area contributed by atoms with Gasteiger partial charge in [0.05, 0.1) is 21.8 Å². The average Bonchev–Trinajstić information content (AvgIpc) is 2.73. The van der Waals surface area contributed by atoms with Crippen molar-refractivity contribution in [1.29, 1.82) is 0 Å². The molecule has 0 saturated heterocycles. The Morgan fingerprint density at radius 1 is 1.03 bits per heavy atom. The Balaban J connectivity index is 1.86. The summed E-state index contributed by atoms with van der Waals surface area (Å²) in [7, 11) is -4.05. The van der Waals surface area contributed by atoms with Crippen molar-refractivity contribution in [3.63, 3.8) is 0 Å². The minimum Gasteiger partial charge on any atom is -0.271 e. The number of halogens is 2. The summed E-state index contributed by atoms with van der Waals surface area (Å²) in [5.74, 6) is -0.631. The number of carbonyl (C=O) groups is 1. The fraction of sp³-hybridized carbons (Fsp3) is 0.0909. The van der Waals surface area contributed by atoms with Gasteiger partial charge in [0.1, 0.15) is 6.54 Å². The van der Waals surface area contributed by atoms with E-state index in [2.05, 4.69) is 10.5 Å². The monoisotopic (exact) mass is 475 g/mol. The van der Waals surface area contributed by atoms with Crippen LogP contribution in [0.1, 0.15) is 11.1 Å². The number of nitrogens with zero attached hydrogens (tertiary/aromatic N) is 2. The molecule has 6 nitrogen and oxygen atoms in total. The van der Waals surface area contributed by atoms with E-state index in [4.69, 9.17) is 23.2 Å². The molecule has 3 rings (SSSR count). The molecule has 160 valence electrons. The van der Waals surface area contributed by atoms with E-state index in [0.717, 1.165) is 9.87 Å². The van der Waals surface area contributed by atoms with Gasteiger partial charge in [0.2, 0.25) is 0 Å². The highest BCUT2D eigenvalue weighted by atomic mass is 35.5. The van der Waals surface area contributed by atoms with Crippen LogP contribution in [0.4, 0.5) is 5.69 Å². The van der Waals surface area contributed by atoms with Crippen molar-refractivity contribution in [3.05, 3.63) is 94.0 Å². The number of hydrogen-bond acceptors (Lipinski definition) is 4. The molecule has 3 aromatic rings. The second-order valence-electron chi connectivity index (χ2n) is 6.62. The molecule has 0 aliphatic heterocycles. The molecule has 0 unspecified atom stereocenters. The first kappa shape index (κ1) is 22.8. The standard InChI is InChI=1S/C22H19Cl2N3O3S/c1-16-9-11-19(12-10-16)31(29,30)27(21-8-3-2-7-20(21)24)15-22(28)26-25-14-17-5-4-6-18(23)13-17/h2-14H,15H2,1H3,(H,26,28)/b25-14-. The van der Waals surface area contributed by atoms with Gasteiger partial charge in [0.25, 0.3) is 15.9 Å². The number of sulfonamides is 1. The molecule has 0 bridgehead atoms. The van der Waals surface area contributed by atoms with E-state index in [1.165, 1.54) is 24.4 Å². The second kappa shape index (κ2) is 9.96. The van der Waals surface area contributed by atoms with Crippen molar-refractivity contribution in [2.24, 2.45) is 5.10 Å². The molecular weight excluding hydrogens is 457 g/mol. The van der Waals surface area contributed by atoms with Crippen molar-refractivity contribution < 1.29 is 13.2 Å². The summed E-state index contributed by atoms with van der Waals surface area (Å²) in [6.45, 7) is 1.35. The molecule has 1 amide bonds. The Bertz CT molecular complexity index is 1210. The number of nitrogens with one attached hydrogen (secondary N) is 1. The Hall–Kier alpha value is -2.87. The zero-order valence-corrected chi connectivity index (χ0v) is 18.8. The minimum absolute atomic E-state index is 0.0493. The lowest BCUT2D eigenvalue weighted by atomic mass is 10.2. The van der Waals surface area contributed by atoms with Crippen LogP contribution in [0.15, 0.2) is 82.8 Å². The number of rotatable bonds is 7.